The molecule has 0 aromatic carbocycles. The predicted octanol–water partition coefficient (Wildman–Crippen LogP) is 6.27. The van der Waals surface area contributed by atoms with E-state index in [1.54, 1.807) is 0 Å². The lowest BCUT2D eigenvalue weighted by Gasteiger charge is -2.18. The van der Waals surface area contributed by atoms with Crippen LogP contribution in [0.3, 0.4) is 0 Å². The molecule has 3 heteroatoms. The van der Waals surface area contributed by atoms with Gasteiger partial charge in [0.1, 0.15) is 6.10 Å². The van der Waals surface area contributed by atoms with Gasteiger partial charge in [-0.25, -0.2) is 0 Å². The van der Waals surface area contributed by atoms with E-state index in [0.29, 0.717) is 0 Å². The normalized spacial score (nSPS) is 26.6. The molecule has 0 unspecified atom stereocenters. The Morgan fingerprint density at radius 1 is 1.04 bits per heavy atom. The monoisotopic (exact) mass is 350 g/mol. The minimum atomic E-state index is -0.687. The fraction of sp³-hybridized carbons (Fsp3) is 0.864. The summed E-state index contributed by atoms with van der Waals surface area (Å²) in [6.45, 7) is 2.27. The van der Waals surface area contributed by atoms with Crippen LogP contribution >= 0.6 is 0 Å². The van der Waals surface area contributed by atoms with Crippen molar-refractivity contribution >= 4 is 5.97 Å². The number of aliphatic carboxylic acids is 1. The van der Waals surface area contributed by atoms with E-state index in [2.05, 4.69) is 13.0 Å². The van der Waals surface area contributed by atoms with E-state index in [9.17, 15) is 4.79 Å². The van der Waals surface area contributed by atoms with Crippen LogP contribution in [0.4, 0.5) is 0 Å². The first-order chi connectivity index (χ1) is 12.2. The summed E-state index contributed by atoms with van der Waals surface area (Å²) >= 11 is 0. The first-order valence-corrected chi connectivity index (χ1v) is 10.8. The quantitative estimate of drug-likeness (QED) is 0.228. The number of carboxylic acids is 1. The lowest BCUT2D eigenvalue weighted by molar-refractivity contribution is -0.138. The number of carboxylic acid groups (broad SMARTS) is 1. The zero-order valence-corrected chi connectivity index (χ0v) is 16.2. The van der Waals surface area contributed by atoms with Gasteiger partial charge in [-0.3, -0.25) is 4.79 Å². The number of ether oxygens (including phenoxy) is 1. The summed E-state index contributed by atoms with van der Waals surface area (Å²) in [4.78, 5) is 10.8. The molecule has 0 aromatic rings. The van der Waals surface area contributed by atoms with Gasteiger partial charge in [0, 0.05) is 0 Å². The standard InChI is InChI=1S/C22H38O3/c1-2-3-4-5-6-7-8-9-10-11-12-13-14-18-15-16-19(17-20(23)24)22-21(18)25-22/h14,19,21-22H,2-13,15-17H2,1H3,(H,23,24)/b18-14+/t19-,21-,22+/m0/s1. The molecule has 1 saturated heterocycles. The van der Waals surface area contributed by atoms with Crippen molar-refractivity contribution in [2.75, 3.05) is 0 Å². The van der Waals surface area contributed by atoms with E-state index >= 15 is 0 Å². The van der Waals surface area contributed by atoms with Crippen LogP contribution in [-0.2, 0) is 9.53 Å². The van der Waals surface area contributed by atoms with Crippen molar-refractivity contribution in [3.8, 4) is 0 Å². The second kappa shape index (κ2) is 11.7. The zero-order valence-electron chi connectivity index (χ0n) is 16.2. The van der Waals surface area contributed by atoms with E-state index in [4.69, 9.17) is 9.84 Å². The minimum Gasteiger partial charge on any atom is -0.481 e. The summed E-state index contributed by atoms with van der Waals surface area (Å²) in [7, 11) is 0. The zero-order chi connectivity index (χ0) is 17.9. The largest absolute Gasteiger partial charge is 0.481 e. The van der Waals surface area contributed by atoms with Crippen LogP contribution in [0.25, 0.3) is 0 Å². The smallest absolute Gasteiger partial charge is 0.303 e. The third-order valence-corrected chi connectivity index (χ3v) is 5.81. The van der Waals surface area contributed by atoms with Crippen molar-refractivity contribution in [3.05, 3.63) is 11.6 Å². The van der Waals surface area contributed by atoms with Gasteiger partial charge in [-0.2, -0.15) is 0 Å². The third kappa shape index (κ3) is 7.94. The molecule has 1 heterocycles. The molecule has 1 N–H and O–H groups in total. The molecule has 144 valence electrons. The maximum absolute atomic E-state index is 10.8. The maximum atomic E-state index is 10.8. The van der Waals surface area contributed by atoms with Gasteiger partial charge in [0.15, 0.2) is 0 Å². The summed E-state index contributed by atoms with van der Waals surface area (Å²) in [5, 5.41) is 8.92. The Kier molecular flexibility index (Phi) is 9.60. The van der Waals surface area contributed by atoms with E-state index in [0.717, 1.165) is 12.8 Å². The molecule has 2 rings (SSSR count). The Labute approximate surface area is 154 Å². The summed E-state index contributed by atoms with van der Waals surface area (Å²) in [5.41, 5.74) is 1.44. The number of hydrogen-bond acceptors (Lipinski definition) is 2. The molecule has 2 fully saturated rings. The lowest BCUT2D eigenvalue weighted by atomic mass is 9.83. The Morgan fingerprint density at radius 2 is 1.64 bits per heavy atom. The molecule has 0 amide bonds. The predicted molar refractivity (Wildman–Crippen MR) is 103 cm³/mol. The summed E-state index contributed by atoms with van der Waals surface area (Å²) in [5.74, 6) is -0.450. The highest BCUT2D eigenvalue weighted by molar-refractivity contribution is 5.67. The molecular weight excluding hydrogens is 312 g/mol. The molecule has 1 saturated carbocycles. The molecular formula is C22H38O3. The molecule has 0 spiro atoms. The van der Waals surface area contributed by atoms with Gasteiger partial charge in [-0.1, -0.05) is 77.2 Å². The van der Waals surface area contributed by atoms with Crippen molar-refractivity contribution in [1.82, 2.24) is 0 Å². The van der Waals surface area contributed by atoms with Crippen molar-refractivity contribution in [2.45, 2.75) is 115 Å². The highest BCUT2D eigenvalue weighted by Crippen LogP contribution is 2.45. The van der Waals surface area contributed by atoms with Crippen LogP contribution in [0.5, 0.6) is 0 Å². The number of rotatable bonds is 14. The first-order valence-electron chi connectivity index (χ1n) is 10.8. The average Bonchev–Trinajstić information content (AvgIpc) is 3.38. The molecule has 25 heavy (non-hydrogen) atoms. The number of fused-ring (bicyclic) bond motifs is 1. The van der Waals surface area contributed by atoms with Gasteiger partial charge in [0.25, 0.3) is 0 Å². The lowest BCUT2D eigenvalue weighted by Crippen LogP contribution is -2.21. The summed E-state index contributed by atoms with van der Waals surface area (Å²) in [6.07, 6.45) is 21.6. The minimum absolute atomic E-state index is 0.202. The van der Waals surface area contributed by atoms with E-state index < -0.39 is 5.97 Å². The number of epoxide rings is 1. The second-order valence-electron chi connectivity index (χ2n) is 8.02. The van der Waals surface area contributed by atoms with Gasteiger partial charge in [0.2, 0.25) is 0 Å². The molecule has 0 bridgehead atoms. The van der Waals surface area contributed by atoms with Crippen LogP contribution in [0.2, 0.25) is 0 Å². The van der Waals surface area contributed by atoms with Crippen LogP contribution < -0.4 is 0 Å². The highest BCUT2D eigenvalue weighted by atomic mass is 16.6. The third-order valence-electron chi connectivity index (χ3n) is 5.81. The molecule has 3 nitrogen and oxygen atoms in total. The van der Waals surface area contributed by atoms with Crippen LogP contribution in [0, 0.1) is 5.92 Å². The van der Waals surface area contributed by atoms with Crippen LogP contribution in [0.1, 0.15) is 103 Å². The highest BCUT2D eigenvalue weighted by Gasteiger charge is 2.50. The summed E-state index contributed by atoms with van der Waals surface area (Å²) in [6, 6.07) is 0. The number of carbonyl (C=O) groups is 1. The molecule has 1 aliphatic heterocycles. The molecule has 1 aliphatic carbocycles. The SMILES string of the molecule is CCCCCCCCCCCCC/C=C1\CC[C@@H](CC(=O)O)[C@H]2O[C@@H]12. The number of unbranched alkanes of at least 4 members (excludes halogenated alkanes) is 11. The molecule has 3 atom stereocenters. The topological polar surface area (TPSA) is 49.8 Å². The Morgan fingerprint density at radius 3 is 2.24 bits per heavy atom. The van der Waals surface area contributed by atoms with Crippen LogP contribution in [-0.4, -0.2) is 23.3 Å². The van der Waals surface area contributed by atoms with Crippen LogP contribution in [0.15, 0.2) is 11.6 Å². The molecule has 0 radical (unpaired) electrons. The first kappa shape index (κ1) is 20.5. The van der Waals surface area contributed by atoms with Crippen molar-refractivity contribution in [3.63, 3.8) is 0 Å². The van der Waals surface area contributed by atoms with E-state index in [1.165, 1.54) is 82.6 Å². The molecule has 2 aliphatic rings. The number of allylic oxidation sites excluding steroid dienone is 1. The van der Waals surface area contributed by atoms with E-state index in [-0.39, 0.29) is 24.5 Å². The van der Waals surface area contributed by atoms with Crippen molar-refractivity contribution in [2.24, 2.45) is 5.92 Å². The Balaban J connectivity index is 1.42. The van der Waals surface area contributed by atoms with Gasteiger partial charge in [-0.05, 0) is 37.2 Å². The van der Waals surface area contributed by atoms with Gasteiger partial charge < -0.3 is 9.84 Å². The van der Waals surface area contributed by atoms with Gasteiger partial charge in [-0.15, -0.1) is 0 Å². The average molecular weight is 351 g/mol. The molecule has 0 aromatic heterocycles. The van der Waals surface area contributed by atoms with Crippen molar-refractivity contribution in [1.29, 1.82) is 0 Å². The van der Waals surface area contributed by atoms with Gasteiger partial charge in [0.05, 0.1) is 12.5 Å². The summed E-state index contributed by atoms with van der Waals surface area (Å²) < 4.78 is 5.73. The maximum Gasteiger partial charge on any atom is 0.303 e. The van der Waals surface area contributed by atoms with Gasteiger partial charge >= 0.3 is 5.97 Å². The van der Waals surface area contributed by atoms with E-state index in [1.807, 2.05) is 0 Å². The fourth-order valence-electron chi connectivity index (χ4n) is 4.20. The second-order valence-corrected chi connectivity index (χ2v) is 8.02. The van der Waals surface area contributed by atoms with Crippen molar-refractivity contribution < 1.29 is 14.6 Å². The Bertz CT molecular complexity index is 415. The fourth-order valence-corrected chi connectivity index (χ4v) is 4.20. The number of hydrogen-bond donors (Lipinski definition) is 1. The Hall–Kier alpha value is -0.830.